The van der Waals surface area contributed by atoms with Crippen molar-refractivity contribution in [2.24, 2.45) is 0 Å². The van der Waals surface area contributed by atoms with E-state index in [9.17, 15) is 9.18 Å². The summed E-state index contributed by atoms with van der Waals surface area (Å²) in [6, 6.07) is 18.2. The van der Waals surface area contributed by atoms with E-state index in [1.807, 2.05) is 60.5 Å². The Kier molecular flexibility index (Phi) is 4.97. The molecule has 1 aliphatic rings. The molecular formula is C23H25FN2O. The first-order valence-corrected chi connectivity index (χ1v) is 9.65. The van der Waals surface area contributed by atoms with Gasteiger partial charge in [0.25, 0.3) is 0 Å². The fourth-order valence-corrected chi connectivity index (χ4v) is 4.45. The molecule has 0 spiro atoms. The number of amides is 1. The van der Waals surface area contributed by atoms with Gasteiger partial charge in [-0.3, -0.25) is 4.79 Å². The number of rotatable bonds is 5. The van der Waals surface area contributed by atoms with E-state index in [1.54, 1.807) is 0 Å². The molecule has 0 saturated heterocycles. The SMILES string of the molecule is CN(Cc1ccccc1)C(=O)C1CCCc2c1c1ccccc1n2CCF. The van der Waals surface area contributed by atoms with Crippen LogP contribution in [0.4, 0.5) is 4.39 Å². The van der Waals surface area contributed by atoms with Crippen molar-refractivity contribution in [2.75, 3.05) is 13.7 Å². The summed E-state index contributed by atoms with van der Waals surface area (Å²) in [5.74, 6) is 0.0104. The van der Waals surface area contributed by atoms with Crippen molar-refractivity contribution in [1.82, 2.24) is 9.47 Å². The Balaban J connectivity index is 1.70. The summed E-state index contributed by atoms with van der Waals surface area (Å²) in [5.41, 5.74) is 4.44. The number of fused-ring (bicyclic) bond motifs is 3. The molecule has 1 aromatic heterocycles. The predicted octanol–water partition coefficient (Wildman–Crippen LogP) is 4.69. The van der Waals surface area contributed by atoms with Crippen molar-refractivity contribution in [3.8, 4) is 0 Å². The molecule has 4 heteroatoms. The Morgan fingerprint density at radius 3 is 2.67 bits per heavy atom. The summed E-state index contributed by atoms with van der Waals surface area (Å²) in [5, 5.41) is 1.10. The number of carbonyl (C=O) groups excluding carboxylic acids is 1. The number of likely N-dealkylation sites (N-methyl/N-ethyl adjacent to an activating group) is 1. The molecule has 0 N–H and O–H groups in total. The lowest BCUT2D eigenvalue weighted by Gasteiger charge is -2.28. The summed E-state index contributed by atoms with van der Waals surface area (Å²) >= 11 is 0. The van der Waals surface area contributed by atoms with Crippen LogP contribution in [0, 0.1) is 0 Å². The van der Waals surface area contributed by atoms with Crippen LogP contribution in [-0.4, -0.2) is 29.1 Å². The Morgan fingerprint density at radius 2 is 1.89 bits per heavy atom. The normalized spacial score (nSPS) is 16.3. The van der Waals surface area contributed by atoms with Crippen molar-refractivity contribution in [3.05, 3.63) is 71.4 Å². The molecule has 1 amide bonds. The molecule has 1 aliphatic carbocycles. The van der Waals surface area contributed by atoms with Gasteiger partial charge in [-0.1, -0.05) is 48.5 Å². The summed E-state index contributed by atoms with van der Waals surface area (Å²) in [7, 11) is 1.88. The Bertz CT molecular complexity index is 948. The van der Waals surface area contributed by atoms with Crippen LogP contribution in [0.1, 0.15) is 35.6 Å². The molecule has 0 saturated carbocycles. The third-order valence-electron chi connectivity index (χ3n) is 5.62. The molecule has 2 aromatic carbocycles. The molecular weight excluding hydrogens is 339 g/mol. The van der Waals surface area contributed by atoms with E-state index in [0.29, 0.717) is 13.1 Å². The number of benzene rings is 2. The van der Waals surface area contributed by atoms with E-state index in [4.69, 9.17) is 0 Å². The summed E-state index contributed by atoms with van der Waals surface area (Å²) in [6.07, 6.45) is 2.73. The van der Waals surface area contributed by atoms with Gasteiger partial charge in [-0.25, -0.2) is 4.39 Å². The number of alkyl halides is 1. The largest absolute Gasteiger partial charge is 0.342 e. The van der Waals surface area contributed by atoms with Gasteiger partial charge in [0.2, 0.25) is 5.91 Å². The first-order valence-electron chi connectivity index (χ1n) is 9.65. The van der Waals surface area contributed by atoms with E-state index in [-0.39, 0.29) is 11.8 Å². The van der Waals surface area contributed by atoms with Crippen LogP contribution in [0.5, 0.6) is 0 Å². The van der Waals surface area contributed by atoms with E-state index in [1.165, 1.54) is 0 Å². The maximum atomic E-state index is 13.3. The molecule has 3 nitrogen and oxygen atoms in total. The van der Waals surface area contributed by atoms with E-state index in [0.717, 1.165) is 47.0 Å². The van der Waals surface area contributed by atoms with E-state index in [2.05, 4.69) is 10.6 Å². The summed E-state index contributed by atoms with van der Waals surface area (Å²) in [6.45, 7) is 0.572. The fraction of sp³-hybridized carbons (Fsp3) is 0.348. The second-order valence-corrected chi connectivity index (χ2v) is 7.34. The molecule has 0 bridgehead atoms. The lowest BCUT2D eigenvalue weighted by molar-refractivity contribution is -0.132. The average Bonchev–Trinajstić information content (AvgIpc) is 3.03. The fourth-order valence-electron chi connectivity index (χ4n) is 4.45. The molecule has 0 radical (unpaired) electrons. The first-order chi connectivity index (χ1) is 13.2. The number of aryl methyl sites for hydroxylation is 1. The Morgan fingerprint density at radius 1 is 1.15 bits per heavy atom. The maximum Gasteiger partial charge on any atom is 0.230 e. The standard InChI is InChI=1S/C23H25FN2O/c1-25(16-17-8-3-2-4-9-17)23(27)19-11-7-13-21-22(19)18-10-5-6-12-20(18)26(21)15-14-24/h2-6,8-10,12,19H,7,11,13-16H2,1H3. The second kappa shape index (κ2) is 7.55. The lowest BCUT2D eigenvalue weighted by Crippen LogP contribution is -2.33. The highest BCUT2D eigenvalue weighted by Gasteiger charge is 2.33. The number of carbonyl (C=O) groups is 1. The quantitative estimate of drug-likeness (QED) is 0.645. The monoisotopic (exact) mass is 364 g/mol. The molecule has 1 atom stereocenters. The van der Waals surface area contributed by atoms with Crippen LogP contribution < -0.4 is 0 Å². The average molecular weight is 364 g/mol. The summed E-state index contributed by atoms with van der Waals surface area (Å²) in [4.78, 5) is 15.1. The van der Waals surface area contributed by atoms with E-state index < -0.39 is 6.67 Å². The number of nitrogens with zero attached hydrogens (tertiary/aromatic N) is 2. The predicted molar refractivity (Wildman–Crippen MR) is 107 cm³/mol. The lowest BCUT2D eigenvalue weighted by atomic mass is 9.84. The second-order valence-electron chi connectivity index (χ2n) is 7.34. The highest BCUT2D eigenvalue weighted by Crippen LogP contribution is 2.40. The zero-order valence-corrected chi connectivity index (χ0v) is 15.7. The van der Waals surface area contributed by atoms with Crippen LogP contribution in [0.25, 0.3) is 10.9 Å². The number of hydrogen-bond donors (Lipinski definition) is 0. The third-order valence-corrected chi connectivity index (χ3v) is 5.62. The van der Waals surface area contributed by atoms with Gasteiger partial charge in [-0.15, -0.1) is 0 Å². The van der Waals surface area contributed by atoms with Crippen LogP contribution in [-0.2, 0) is 24.3 Å². The zero-order chi connectivity index (χ0) is 18.8. The van der Waals surface area contributed by atoms with Gasteiger partial charge in [0.1, 0.15) is 6.67 Å². The van der Waals surface area contributed by atoms with Crippen molar-refractivity contribution in [1.29, 1.82) is 0 Å². The number of halogens is 1. The van der Waals surface area contributed by atoms with Crippen molar-refractivity contribution in [3.63, 3.8) is 0 Å². The van der Waals surface area contributed by atoms with Gasteiger partial charge in [0.15, 0.2) is 0 Å². The van der Waals surface area contributed by atoms with E-state index >= 15 is 0 Å². The third kappa shape index (κ3) is 3.25. The summed E-state index contributed by atoms with van der Waals surface area (Å²) < 4.78 is 15.3. The molecule has 27 heavy (non-hydrogen) atoms. The first kappa shape index (κ1) is 17.8. The molecule has 1 unspecified atom stereocenters. The topological polar surface area (TPSA) is 25.2 Å². The molecule has 4 rings (SSSR count). The Labute approximate surface area is 159 Å². The number of aromatic nitrogens is 1. The van der Waals surface area contributed by atoms with Gasteiger partial charge in [0, 0.05) is 30.2 Å². The minimum atomic E-state index is -0.391. The van der Waals surface area contributed by atoms with Crippen molar-refractivity contribution >= 4 is 16.8 Å². The molecule has 0 fully saturated rings. The number of para-hydroxylation sites is 1. The van der Waals surface area contributed by atoms with Gasteiger partial charge >= 0.3 is 0 Å². The van der Waals surface area contributed by atoms with Gasteiger partial charge < -0.3 is 9.47 Å². The van der Waals surface area contributed by atoms with Crippen molar-refractivity contribution in [2.45, 2.75) is 38.3 Å². The smallest absolute Gasteiger partial charge is 0.230 e. The molecule has 3 aromatic rings. The Hall–Kier alpha value is -2.62. The minimum absolute atomic E-state index is 0.145. The molecule has 0 aliphatic heterocycles. The van der Waals surface area contributed by atoms with Gasteiger partial charge in [0.05, 0.1) is 12.5 Å². The van der Waals surface area contributed by atoms with Crippen LogP contribution >= 0.6 is 0 Å². The van der Waals surface area contributed by atoms with Crippen LogP contribution in [0.15, 0.2) is 54.6 Å². The van der Waals surface area contributed by atoms with Crippen LogP contribution in [0.3, 0.4) is 0 Å². The van der Waals surface area contributed by atoms with Gasteiger partial charge in [-0.05, 0) is 36.5 Å². The molecule has 1 heterocycles. The highest BCUT2D eigenvalue weighted by atomic mass is 19.1. The highest BCUT2D eigenvalue weighted by molar-refractivity contribution is 5.94. The zero-order valence-electron chi connectivity index (χ0n) is 15.7. The van der Waals surface area contributed by atoms with Gasteiger partial charge in [-0.2, -0.15) is 0 Å². The molecule has 140 valence electrons. The van der Waals surface area contributed by atoms with Crippen molar-refractivity contribution < 1.29 is 9.18 Å². The van der Waals surface area contributed by atoms with Crippen LogP contribution in [0.2, 0.25) is 0 Å². The number of hydrogen-bond acceptors (Lipinski definition) is 1. The minimum Gasteiger partial charge on any atom is -0.342 e. The maximum absolute atomic E-state index is 13.3.